The second kappa shape index (κ2) is 8.88. The standard InChI is InChI=1S/C24H24Cl2N4O2/c1-24(2,3)32-23(31)28-10-11-30-21-7-5-15(29-16-4-6-19(25)20(26)13-16)12-17(21)18-14-27-9-8-22(18)30/h4-9,12-14,29H,10-11H2,1-3H3,(H,28,31). The van der Waals surface area contributed by atoms with Gasteiger partial charge in [0.05, 0.1) is 15.6 Å². The maximum atomic E-state index is 12.0. The normalized spacial score (nSPS) is 11.7. The molecule has 4 aromatic rings. The Kier molecular flexibility index (Phi) is 6.17. The quantitative estimate of drug-likeness (QED) is 0.337. The molecule has 0 unspecified atom stereocenters. The van der Waals surface area contributed by atoms with Crippen molar-refractivity contribution < 1.29 is 9.53 Å². The third-order valence-corrected chi connectivity index (χ3v) is 5.62. The van der Waals surface area contributed by atoms with E-state index in [1.54, 1.807) is 18.3 Å². The molecular formula is C24H24Cl2N4O2. The number of halogens is 2. The van der Waals surface area contributed by atoms with Crippen LogP contribution in [-0.2, 0) is 11.3 Å². The van der Waals surface area contributed by atoms with E-state index in [1.165, 1.54) is 0 Å². The van der Waals surface area contributed by atoms with Gasteiger partial charge in [0.1, 0.15) is 5.60 Å². The highest BCUT2D eigenvalue weighted by molar-refractivity contribution is 6.42. The summed E-state index contributed by atoms with van der Waals surface area (Å²) in [6, 6.07) is 13.6. The van der Waals surface area contributed by atoms with Gasteiger partial charge in [0.25, 0.3) is 0 Å². The molecule has 0 radical (unpaired) electrons. The van der Waals surface area contributed by atoms with E-state index in [-0.39, 0.29) is 0 Å². The molecule has 0 bridgehead atoms. The Morgan fingerprint density at radius 1 is 1.00 bits per heavy atom. The molecule has 1 amide bonds. The van der Waals surface area contributed by atoms with E-state index in [0.29, 0.717) is 23.1 Å². The molecule has 0 saturated heterocycles. The minimum Gasteiger partial charge on any atom is -0.444 e. The predicted molar refractivity (Wildman–Crippen MR) is 131 cm³/mol. The minimum absolute atomic E-state index is 0.423. The molecule has 32 heavy (non-hydrogen) atoms. The van der Waals surface area contributed by atoms with Crippen molar-refractivity contribution in [3.05, 3.63) is 64.9 Å². The monoisotopic (exact) mass is 470 g/mol. The minimum atomic E-state index is -0.527. The zero-order chi connectivity index (χ0) is 22.9. The summed E-state index contributed by atoms with van der Waals surface area (Å²) in [7, 11) is 0. The second-order valence-electron chi connectivity index (χ2n) is 8.46. The lowest BCUT2D eigenvalue weighted by Gasteiger charge is -2.19. The van der Waals surface area contributed by atoms with Crippen LogP contribution in [-0.4, -0.2) is 27.8 Å². The predicted octanol–water partition coefficient (Wildman–Crippen LogP) is 6.76. The molecule has 2 N–H and O–H groups in total. The summed E-state index contributed by atoms with van der Waals surface area (Å²) in [5, 5.41) is 9.32. The maximum Gasteiger partial charge on any atom is 0.407 e. The number of nitrogens with zero attached hydrogens (tertiary/aromatic N) is 2. The molecule has 0 spiro atoms. The molecule has 2 aromatic heterocycles. The van der Waals surface area contributed by atoms with Gasteiger partial charge >= 0.3 is 6.09 Å². The molecule has 0 saturated carbocycles. The van der Waals surface area contributed by atoms with Gasteiger partial charge in [-0.3, -0.25) is 4.98 Å². The first kappa shape index (κ1) is 22.2. The van der Waals surface area contributed by atoms with Crippen LogP contribution in [0.2, 0.25) is 10.0 Å². The van der Waals surface area contributed by atoms with Crippen LogP contribution in [0.4, 0.5) is 16.2 Å². The van der Waals surface area contributed by atoms with Gasteiger partial charge in [0, 0.05) is 53.1 Å². The number of fused-ring (bicyclic) bond motifs is 3. The number of carbonyl (C=O) groups excluding carboxylic acids is 1. The summed E-state index contributed by atoms with van der Waals surface area (Å²) < 4.78 is 7.50. The number of rotatable bonds is 5. The number of carbonyl (C=O) groups is 1. The van der Waals surface area contributed by atoms with Crippen LogP contribution in [0, 0.1) is 0 Å². The van der Waals surface area contributed by atoms with Crippen LogP contribution in [0.5, 0.6) is 0 Å². The highest BCUT2D eigenvalue weighted by Crippen LogP contribution is 2.32. The molecule has 4 rings (SSSR count). The third-order valence-electron chi connectivity index (χ3n) is 4.88. The van der Waals surface area contributed by atoms with Crippen molar-refractivity contribution in [2.75, 3.05) is 11.9 Å². The van der Waals surface area contributed by atoms with Gasteiger partial charge in [-0.05, 0) is 63.2 Å². The molecule has 2 aromatic carbocycles. The summed E-state index contributed by atoms with van der Waals surface area (Å²) in [4.78, 5) is 16.3. The first-order valence-electron chi connectivity index (χ1n) is 10.3. The van der Waals surface area contributed by atoms with Crippen LogP contribution >= 0.6 is 23.2 Å². The van der Waals surface area contributed by atoms with Crippen molar-refractivity contribution in [1.82, 2.24) is 14.9 Å². The summed E-state index contributed by atoms with van der Waals surface area (Å²) in [5.74, 6) is 0. The van der Waals surface area contributed by atoms with Crippen LogP contribution in [0.3, 0.4) is 0 Å². The smallest absolute Gasteiger partial charge is 0.407 e. The highest BCUT2D eigenvalue weighted by Gasteiger charge is 2.16. The molecule has 0 aliphatic heterocycles. The lowest BCUT2D eigenvalue weighted by Crippen LogP contribution is -2.34. The summed E-state index contributed by atoms with van der Waals surface area (Å²) >= 11 is 12.2. The highest BCUT2D eigenvalue weighted by atomic mass is 35.5. The number of alkyl carbamates (subject to hydrolysis) is 1. The average Bonchev–Trinajstić information content (AvgIpc) is 3.03. The van der Waals surface area contributed by atoms with Gasteiger partial charge in [0.2, 0.25) is 0 Å². The van der Waals surface area contributed by atoms with E-state index >= 15 is 0 Å². The Morgan fingerprint density at radius 3 is 2.47 bits per heavy atom. The Balaban J connectivity index is 1.60. The summed E-state index contributed by atoms with van der Waals surface area (Å²) in [5.41, 5.74) is 3.35. The Labute approximate surface area is 196 Å². The van der Waals surface area contributed by atoms with Crippen molar-refractivity contribution in [2.45, 2.75) is 32.9 Å². The lowest BCUT2D eigenvalue weighted by molar-refractivity contribution is 0.0526. The molecule has 0 fully saturated rings. The largest absolute Gasteiger partial charge is 0.444 e. The van der Waals surface area contributed by atoms with Gasteiger partial charge in [-0.2, -0.15) is 0 Å². The fourth-order valence-electron chi connectivity index (χ4n) is 3.59. The van der Waals surface area contributed by atoms with Crippen molar-refractivity contribution >= 4 is 62.5 Å². The SMILES string of the molecule is CC(C)(C)OC(=O)NCCn1c2ccncc2c2cc(Nc3ccc(Cl)c(Cl)c3)ccc21. The topological polar surface area (TPSA) is 68.2 Å². The molecule has 2 heterocycles. The average molecular weight is 471 g/mol. The number of nitrogens with one attached hydrogen (secondary N) is 2. The zero-order valence-electron chi connectivity index (χ0n) is 18.1. The maximum absolute atomic E-state index is 12.0. The first-order chi connectivity index (χ1) is 15.2. The van der Waals surface area contributed by atoms with Crippen LogP contribution < -0.4 is 10.6 Å². The van der Waals surface area contributed by atoms with Crippen molar-refractivity contribution in [3.63, 3.8) is 0 Å². The zero-order valence-corrected chi connectivity index (χ0v) is 19.6. The summed E-state index contributed by atoms with van der Waals surface area (Å²) in [6.45, 7) is 6.57. The molecule has 6 nitrogen and oxygen atoms in total. The number of pyridine rings is 1. The van der Waals surface area contributed by atoms with Gasteiger partial charge in [-0.15, -0.1) is 0 Å². The van der Waals surface area contributed by atoms with Crippen molar-refractivity contribution in [2.24, 2.45) is 0 Å². The molecule has 8 heteroatoms. The van der Waals surface area contributed by atoms with E-state index in [1.807, 2.05) is 45.2 Å². The number of amides is 1. The Bertz CT molecular complexity index is 1290. The molecule has 0 atom stereocenters. The lowest BCUT2D eigenvalue weighted by atomic mass is 10.1. The Morgan fingerprint density at radius 2 is 1.72 bits per heavy atom. The van der Waals surface area contributed by atoms with Gasteiger partial charge < -0.3 is 19.9 Å². The number of aromatic nitrogens is 2. The first-order valence-corrected chi connectivity index (χ1v) is 11.0. The van der Waals surface area contributed by atoms with Gasteiger partial charge in [-0.1, -0.05) is 23.2 Å². The number of ether oxygens (including phenoxy) is 1. The third kappa shape index (κ3) is 4.92. The van der Waals surface area contributed by atoms with E-state index in [0.717, 1.165) is 33.2 Å². The fraction of sp³-hybridized carbons (Fsp3) is 0.250. The van der Waals surface area contributed by atoms with E-state index in [9.17, 15) is 4.79 Å². The fourth-order valence-corrected chi connectivity index (χ4v) is 3.89. The second-order valence-corrected chi connectivity index (χ2v) is 9.27. The molecular weight excluding hydrogens is 447 g/mol. The van der Waals surface area contributed by atoms with Gasteiger partial charge in [0.15, 0.2) is 0 Å². The van der Waals surface area contributed by atoms with Crippen LogP contribution in [0.15, 0.2) is 54.9 Å². The number of anilines is 2. The van der Waals surface area contributed by atoms with Gasteiger partial charge in [-0.25, -0.2) is 4.79 Å². The molecule has 166 valence electrons. The number of benzene rings is 2. The van der Waals surface area contributed by atoms with E-state index in [4.69, 9.17) is 27.9 Å². The van der Waals surface area contributed by atoms with E-state index < -0.39 is 11.7 Å². The number of hydrogen-bond donors (Lipinski definition) is 2. The van der Waals surface area contributed by atoms with Crippen molar-refractivity contribution in [1.29, 1.82) is 0 Å². The van der Waals surface area contributed by atoms with Crippen LogP contribution in [0.1, 0.15) is 20.8 Å². The Hall–Kier alpha value is -2.96. The molecule has 0 aliphatic rings. The number of hydrogen-bond acceptors (Lipinski definition) is 4. The van der Waals surface area contributed by atoms with E-state index in [2.05, 4.69) is 32.3 Å². The van der Waals surface area contributed by atoms with Crippen molar-refractivity contribution in [3.8, 4) is 0 Å². The summed E-state index contributed by atoms with van der Waals surface area (Å²) in [6.07, 6.45) is 3.21. The van der Waals surface area contributed by atoms with Crippen LogP contribution in [0.25, 0.3) is 21.8 Å². The molecule has 0 aliphatic carbocycles.